The summed E-state index contributed by atoms with van der Waals surface area (Å²) in [6.07, 6.45) is 59.3. The minimum absolute atomic E-state index is 0.0945. The number of ether oxygens (including phenoxy) is 2. The van der Waals surface area contributed by atoms with Gasteiger partial charge >= 0.3 is 13.8 Å². The van der Waals surface area contributed by atoms with Crippen LogP contribution in [-0.4, -0.2) is 49.9 Å². The molecule has 2 atom stereocenters. The molecule has 0 heterocycles. The van der Waals surface area contributed by atoms with Crippen LogP contribution in [0.3, 0.4) is 0 Å². The highest BCUT2D eigenvalue weighted by atomic mass is 31.2. The number of hydrogen-bond donors (Lipinski definition) is 2. The molecule has 2 unspecified atom stereocenters. The number of phosphoric acid groups is 1. The number of carbonyl (C=O) groups excluding carboxylic acids is 1. The van der Waals surface area contributed by atoms with Gasteiger partial charge in [0.05, 0.1) is 19.8 Å². The van der Waals surface area contributed by atoms with E-state index >= 15 is 0 Å². The molecule has 0 aromatic rings. The van der Waals surface area contributed by atoms with E-state index < -0.39 is 13.9 Å². The van der Waals surface area contributed by atoms with Crippen LogP contribution in [0.25, 0.3) is 0 Å². The summed E-state index contributed by atoms with van der Waals surface area (Å²) in [6, 6.07) is 0. The summed E-state index contributed by atoms with van der Waals surface area (Å²) in [5.74, 6) is -0.346. The Hall–Kier alpha value is -2.06. The van der Waals surface area contributed by atoms with Crippen LogP contribution >= 0.6 is 7.82 Å². The van der Waals surface area contributed by atoms with Crippen molar-refractivity contribution in [3.63, 3.8) is 0 Å². The van der Waals surface area contributed by atoms with Gasteiger partial charge in [-0.25, -0.2) is 4.57 Å². The van der Waals surface area contributed by atoms with E-state index in [1.54, 1.807) is 0 Å². The number of esters is 1. The van der Waals surface area contributed by atoms with E-state index in [4.69, 9.17) is 24.3 Å². The summed E-state index contributed by atoms with van der Waals surface area (Å²) in [6.45, 7) is 4.77. The van der Waals surface area contributed by atoms with Gasteiger partial charge in [0.1, 0.15) is 6.10 Å². The maximum absolute atomic E-state index is 12.6. The normalized spacial score (nSPS) is 14.0. The van der Waals surface area contributed by atoms with Gasteiger partial charge in [0, 0.05) is 19.6 Å². The van der Waals surface area contributed by atoms with Gasteiger partial charge in [0.25, 0.3) is 0 Å². The maximum Gasteiger partial charge on any atom is 0.472 e. The SMILES string of the molecule is CC/C=C\C/C=C\C/C=C\C/C=C\CCCCCCCCCCCCCOCC(COP(=O)(O)OCCN)OC(=O)CCCCCCC/C=C\C/C=C\CCCCCC. The number of unbranched alkanes of at least 4 members (excludes halogenated alkanes) is 20. The Labute approximate surface area is 363 Å². The van der Waals surface area contributed by atoms with Crippen molar-refractivity contribution in [1.82, 2.24) is 0 Å². The quantitative estimate of drug-likeness (QED) is 0.0269. The fourth-order valence-electron chi connectivity index (χ4n) is 6.37. The van der Waals surface area contributed by atoms with Crippen LogP contribution in [0, 0.1) is 0 Å². The molecule has 0 aliphatic heterocycles. The summed E-state index contributed by atoms with van der Waals surface area (Å²) in [5.41, 5.74) is 5.38. The lowest BCUT2D eigenvalue weighted by molar-refractivity contribution is -0.154. The zero-order chi connectivity index (χ0) is 43.0. The van der Waals surface area contributed by atoms with Crippen molar-refractivity contribution in [2.24, 2.45) is 5.73 Å². The molecule has 0 saturated heterocycles. The summed E-state index contributed by atoms with van der Waals surface area (Å²) in [4.78, 5) is 22.5. The molecule has 0 spiro atoms. The lowest BCUT2D eigenvalue weighted by Crippen LogP contribution is -2.28. The lowest BCUT2D eigenvalue weighted by Gasteiger charge is -2.20. The summed E-state index contributed by atoms with van der Waals surface area (Å²) in [5, 5.41) is 0. The maximum atomic E-state index is 12.6. The molecule has 342 valence electrons. The molecule has 0 radical (unpaired) electrons. The fraction of sp³-hybridized carbons (Fsp3) is 0.740. The summed E-state index contributed by atoms with van der Waals surface area (Å²) >= 11 is 0. The number of allylic oxidation sites excluding steroid dienone is 12. The Kier molecular flexibility index (Phi) is 45.4. The van der Waals surface area contributed by atoms with E-state index in [0.29, 0.717) is 13.0 Å². The van der Waals surface area contributed by atoms with Crippen LogP contribution in [0.4, 0.5) is 0 Å². The van der Waals surface area contributed by atoms with Crippen molar-refractivity contribution in [3.05, 3.63) is 72.9 Å². The number of carbonyl (C=O) groups is 1. The number of nitrogens with two attached hydrogens (primary N) is 1. The summed E-state index contributed by atoms with van der Waals surface area (Å²) < 4.78 is 33.5. The molecule has 0 amide bonds. The predicted molar refractivity (Wildman–Crippen MR) is 252 cm³/mol. The van der Waals surface area contributed by atoms with E-state index in [1.807, 2.05) is 0 Å². The monoisotopic (exact) mass is 848 g/mol. The van der Waals surface area contributed by atoms with E-state index in [1.165, 1.54) is 96.3 Å². The first-order chi connectivity index (χ1) is 28.9. The first-order valence-corrected chi connectivity index (χ1v) is 25.4. The van der Waals surface area contributed by atoms with Gasteiger partial charge < -0.3 is 20.1 Å². The second-order valence-electron chi connectivity index (χ2n) is 15.6. The molecule has 3 N–H and O–H groups in total. The average molecular weight is 848 g/mol. The van der Waals surface area contributed by atoms with Crippen LogP contribution in [0.5, 0.6) is 0 Å². The molecule has 0 fully saturated rings. The minimum atomic E-state index is -4.29. The molecule has 0 bridgehead atoms. The van der Waals surface area contributed by atoms with Gasteiger partial charge in [-0.3, -0.25) is 13.8 Å². The van der Waals surface area contributed by atoms with E-state index in [2.05, 4.69) is 86.8 Å². The summed E-state index contributed by atoms with van der Waals surface area (Å²) in [7, 11) is -4.29. The van der Waals surface area contributed by atoms with Crippen LogP contribution in [0.2, 0.25) is 0 Å². The fourth-order valence-corrected chi connectivity index (χ4v) is 7.14. The third-order valence-electron chi connectivity index (χ3n) is 9.86. The third-order valence-corrected chi connectivity index (χ3v) is 10.8. The van der Waals surface area contributed by atoms with E-state index in [-0.39, 0.29) is 32.3 Å². The first kappa shape index (κ1) is 56.9. The lowest BCUT2D eigenvalue weighted by atomic mass is 10.1. The van der Waals surface area contributed by atoms with Crippen LogP contribution in [0.1, 0.15) is 200 Å². The Bertz CT molecular complexity index is 1130. The van der Waals surface area contributed by atoms with Crippen LogP contribution in [-0.2, 0) is 27.9 Å². The predicted octanol–water partition coefficient (Wildman–Crippen LogP) is 14.7. The third kappa shape index (κ3) is 46.9. The topological polar surface area (TPSA) is 117 Å². The van der Waals surface area contributed by atoms with Gasteiger partial charge in [-0.2, -0.15) is 0 Å². The van der Waals surface area contributed by atoms with Gasteiger partial charge in [-0.15, -0.1) is 0 Å². The highest BCUT2D eigenvalue weighted by Gasteiger charge is 2.25. The molecule has 9 heteroatoms. The molecule has 0 aliphatic carbocycles. The smallest absolute Gasteiger partial charge is 0.457 e. The van der Waals surface area contributed by atoms with Gasteiger partial charge in [0.15, 0.2) is 0 Å². The van der Waals surface area contributed by atoms with Crippen LogP contribution < -0.4 is 5.73 Å². The molecule has 0 aromatic carbocycles. The molecule has 0 aliphatic rings. The average Bonchev–Trinajstić information content (AvgIpc) is 3.23. The Balaban J connectivity index is 3.99. The highest BCUT2D eigenvalue weighted by molar-refractivity contribution is 7.47. The van der Waals surface area contributed by atoms with Crippen molar-refractivity contribution in [2.75, 3.05) is 33.0 Å². The Morgan fingerprint density at radius 2 is 0.949 bits per heavy atom. The molecule has 0 aromatic heterocycles. The molecule has 0 rings (SSSR count). The van der Waals surface area contributed by atoms with Crippen molar-refractivity contribution >= 4 is 13.8 Å². The molecular weight excluding hydrogens is 758 g/mol. The largest absolute Gasteiger partial charge is 0.472 e. The number of rotatable bonds is 45. The van der Waals surface area contributed by atoms with Crippen molar-refractivity contribution < 1.29 is 32.8 Å². The van der Waals surface area contributed by atoms with Crippen molar-refractivity contribution in [3.8, 4) is 0 Å². The number of phosphoric ester groups is 1. The zero-order valence-corrected chi connectivity index (χ0v) is 38.9. The van der Waals surface area contributed by atoms with Gasteiger partial charge in [-0.05, 0) is 83.5 Å². The van der Waals surface area contributed by atoms with Gasteiger partial charge in [0.2, 0.25) is 0 Å². The van der Waals surface area contributed by atoms with Crippen molar-refractivity contribution in [1.29, 1.82) is 0 Å². The highest BCUT2D eigenvalue weighted by Crippen LogP contribution is 2.43. The standard InChI is InChI=1S/C50H90NO7P/c1-3-5-7-9-11-13-15-17-19-21-22-23-24-25-26-27-28-30-32-34-36-38-40-42-45-55-47-49(48-57-59(53,54)56-46-44-51)58-50(52)43-41-39-37-35-33-31-29-20-18-16-14-12-10-8-6-4-2/h5,7,11,13-14,16-17,19-20,22-23,29,49H,3-4,6,8-10,12,15,18,21,24-28,30-48,51H2,1-2H3,(H,53,54)/b7-5-,13-11-,16-14-,19-17-,23-22-,29-20-. The minimum Gasteiger partial charge on any atom is -0.457 e. The molecule has 0 saturated carbocycles. The Morgan fingerprint density at radius 1 is 0.525 bits per heavy atom. The number of hydrogen-bond acceptors (Lipinski definition) is 7. The molecule has 8 nitrogen and oxygen atoms in total. The van der Waals surface area contributed by atoms with Crippen LogP contribution in [0.15, 0.2) is 72.9 Å². The second kappa shape index (κ2) is 47.0. The van der Waals surface area contributed by atoms with E-state index in [9.17, 15) is 14.3 Å². The van der Waals surface area contributed by atoms with E-state index in [0.717, 1.165) is 83.5 Å². The first-order valence-electron chi connectivity index (χ1n) is 23.9. The molecule has 59 heavy (non-hydrogen) atoms. The Morgan fingerprint density at radius 3 is 1.42 bits per heavy atom. The molecular formula is C50H90NO7P. The second-order valence-corrected chi connectivity index (χ2v) is 17.0. The zero-order valence-electron chi connectivity index (χ0n) is 38.0. The van der Waals surface area contributed by atoms with Crippen molar-refractivity contribution in [2.45, 2.75) is 206 Å². The van der Waals surface area contributed by atoms with Gasteiger partial charge in [-0.1, -0.05) is 183 Å².